The topological polar surface area (TPSA) is 34.1 Å². The quantitative estimate of drug-likeness (QED) is 0.827. The lowest BCUT2D eigenvalue weighted by Gasteiger charge is -2.10. The van der Waals surface area contributed by atoms with E-state index in [9.17, 15) is 13.2 Å². The minimum Gasteiger partial charge on any atom is -0.371 e. The van der Waals surface area contributed by atoms with Crippen molar-refractivity contribution in [2.45, 2.75) is 12.7 Å². The number of hydrogen-bond acceptors (Lipinski definition) is 3. The second-order valence-electron chi connectivity index (χ2n) is 4.45. The van der Waals surface area contributed by atoms with E-state index in [1.54, 1.807) is 18.3 Å². The molecule has 1 aromatic carbocycles. The highest BCUT2D eigenvalue weighted by Crippen LogP contribution is 2.24. The van der Waals surface area contributed by atoms with Crippen molar-refractivity contribution in [2.75, 3.05) is 19.8 Å². The van der Waals surface area contributed by atoms with E-state index in [2.05, 4.69) is 15.0 Å². The molecule has 0 radical (unpaired) electrons. The van der Waals surface area contributed by atoms with Crippen molar-refractivity contribution in [1.82, 2.24) is 10.3 Å². The zero-order valence-electron chi connectivity index (χ0n) is 11.1. The first-order chi connectivity index (χ1) is 9.97. The molecule has 0 amide bonds. The molecule has 0 fully saturated rings. The lowest BCUT2D eigenvalue weighted by atomic mass is 10.1. The lowest BCUT2D eigenvalue weighted by molar-refractivity contribution is -0.173. The number of nitrogens with zero attached hydrogens (tertiary/aromatic N) is 1. The summed E-state index contributed by atoms with van der Waals surface area (Å²) < 4.78 is 40.1. The zero-order chi connectivity index (χ0) is 15.3. The highest BCUT2D eigenvalue weighted by molar-refractivity contribution is 6.35. The maximum Gasteiger partial charge on any atom is 0.411 e. The molecule has 0 aliphatic carbocycles. The van der Waals surface area contributed by atoms with Crippen LogP contribution in [-0.4, -0.2) is 30.9 Å². The van der Waals surface area contributed by atoms with Gasteiger partial charge in [0.25, 0.3) is 0 Å². The van der Waals surface area contributed by atoms with Crippen LogP contribution in [0.2, 0.25) is 5.02 Å². The Morgan fingerprint density at radius 1 is 1.24 bits per heavy atom. The van der Waals surface area contributed by atoms with Crippen LogP contribution in [0, 0.1) is 0 Å². The molecule has 3 nitrogen and oxygen atoms in total. The standard InChI is InChI=1S/C14H14ClF3N2O/c15-12-4-3-10(13-11(12)2-1-5-20-13)8-19-6-7-21-9-14(16,17)18/h1-5,19H,6-9H2. The Morgan fingerprint density at radius 2 is 2.05 bits per heavy atom. The number of aromatic nitrogens is 1. The van der Waals surface area contributed by atoms with E-state index in [1.807, 2.05) is 12.1 Å². The molecule has 0 saturated heterocycles. The molecule has 1 aromatic heterocycles. The van der Waals surface area contributed by atoms with Gasteiger partial charge in [0.1, 0.15) is 6.61 Å². The molecule has 0 unspecified atom stereocenters. The van der Waals surface area contributed by atoms with E-state index in [4.69, 9.17) is 11.6 Å². The number of halogens is 4. The van der Waals surface area contributed by atoms with E-state index >= 15 is 0 Å². The van der Waals surface area contributed by atoms with E-state index in [0.29, 0.717) is 18.1 Å². The molecule has 0 bridgehead atoms. The monoisotopic (exact) mass is 318 g/mol. The molecular formula is C14H14ClF3N2O. The molecule has 7 heteroatoms. The Morgan fingerprint density at radius 3 is 2.81 bits per heavy atom. The Balaban J connectivity index is 1.86. The molecular weight excluding hydrogens is 305 g/mol. The smallest absolute Gasteiger partial charge is 0.371 e. The van der Waals surface area contributed by atoms with Gasteiger partial charge in [-0.05, 0) is 23.8 Å². The van der Waals surface area contributed by atoms with Gasteiger partial charge in [0, 0.05) is 29.7 Å². The number of fused-ring (bicyclic) bond motifs is 1. The summed E-state index contributed by atoms with van der Waals surface area (Å²) in [5.41, 5.74) is 1.72. The molecule has 2 rings (SSSR count). The highest BCUT2D eigenvalue weighted by atomic mass is 35.5. The third kappa shape index (κ3) is 4.84. The van der Waals surface area contributed by atoms with Crippen LogP contribution in [0.5, 0.6) is 0 Å². The van der Waals surface area contributed by atoms with Gasteiger partial charge in [0.05, 0.1) is 12.1 Å². The summed E-state index contributed by atoms with van der Waals surface area (Å²) in [7, 11) is 0. The first kappa shape index (κ1) is 16.0. The fourth-order valence-electron chi connectivity index (χ4n) is 1.89. The largest absolute Gasteiger partial charge is 0.411 e. The molecule has 114 valence electrons. The van der Waals surface area contributed by atoms with Gasteiger partial charge in [-0.1, -0.05) is 17.7 Å². The average molecular weight is 319 g/mol. The Kier molecular flexibility index (Phi) is 5.39. The summed E-state index contributed by atoms with van der Waals surface area (Å²) in [6.07, 6.45) is -2.61. The summed E-state index contributed by atoms with van der Waals surface area (Å²) in [4.78, 5) is 4.28. The summed E-state index contributed by atoms with van der Waals surface area (Å²) in [5, 5.41) is 4.50. The summed E-state index contributed by atoms with van der Waals surface area (Å²) >= 11 is 6.09. The van der Waals surface area contributed by atoms with Crippen molar-refractivity contribution in [3.63, 3.8) is 0 Å². The Hall–Kier alpha value is -1.37. The maximum absolute atomic E-state index is 11.9. The third-order valence-corrected chi connectivity index (χ3v) is 3.13. The van der Waals surface area contributed by atoms with Gasteiger partial charge >= 0.3 is 6.18 Å². The van der Waals surface area contributed by atoms with Gasteiger partial charge in [0.15, 0.2) is 0 Å². The van der Waals surface area contributed by atoms with Crippen LogP contribution < -0.4 is 5.32 Å². The number of pyridine rings is 1. The lowest BCUT2D eigenvalue weighted by Crippen LogP contribution is -2.23. The molecule has 1 heterocycles. The van der Waals surface area contributed by atoms with Crippen molar-refractivity contribution < 1.29 is 17.9 Å². The highest BCUT2D eigenvalue weighted by Gasteiger charge is 2.27. The van der Waals surface area contributed by atoms with Crippen molar-refractivity contribution >= 4 is 22.5 Å². The van der Waals surface area contributed by atoms with Crippen LogP contribution >= 0.6 is 11.6 Å². The number of hydrogen-bond donors (Lipinski definition) is 1. The van der Waals surface area contributed by atoms with Crippen molar-refractivity contribution in [3.8, 4) is 0 Å². The van der Waals surface area contributed by atoms with Gasteiger partial charge in [-0.2, -0.15) is 13.2 Å². The van der Waals surface area contributed by atoms with Crippen molar-refractivity contribution in [2.24, 2.45) is 0 Å². The van der Waals surface area contributed by atoms with Crippen molar-refractivity contribution in [3.05, 3.63) is 41.0 Å². The maximum atomic E-state index is 11.9. The Bertz CT molecular complexity index is 604. The van der Waals surface area contributed by atoms with Crippen LogP contribution in [0.1, 0.15) is 5.56 Å². The normalized spacial score (nSPS) is 12.0. The molecule has 0 saturated carbocycles. The fourth-order valence-corrected chi connectivity index (χ4v) is 2.11. The molecule has 21 heavy (non-hydrogen) atoms. The van der Waals surface area contributed by atoms with Gasteiger partial charge in [-0.25, -0.2) is 0 Å². The number of nitrogens with one attached hydrogen (secondary N) is 1. The fraction of sp³-hybridized carbons (Fsp3) is 0.357. The van der Waals surface area contributed by atoms with Crippen LogP contribution in [0.3, 0.4) is 0 Å². The van der Waals surface area contributed by atoms with Crippen LogP contribution in [-0.2, 0) is 11.3 Å². The predicted octanol–water partition coefficient (Wildman–Crippen LogP) is 3.56. The van der Waals surface area contributed by atoms with Crippen LogP contribution in [0.15, 0.2) is 30.5 Å². The van der Waals surface area contributed by atoms with E-state index in [1.165, 1.54) is 0 Å². The number of alkyl halides is 3. The minimum atomic E-state index is -4.28. The SMILES string of the molecule is FC(F)(F)COCCNCc1ccc(Cl)c2cccnc12. The molecule has 0 spiro atoms. The van der Waals surface area contributed by atoms with E-state index in [-0.39, 0.29) is 6.61 Å². The Labute approximate surface area is 125 Å². The number of benzene rings is 1. The van der Waals surface area contributed by atoms with Crippen molar-refractivity contribution in [1.29, 1.82) is 0 Å². The van der Waals surface area contributed by atoms with Gasteiger partial charge in [0.2, 0.25) is 0 Å². The second-order valence-corrected chi connectivity index (χ2v) is 4.86. The van der Waals surface area contributed by atoms with Crippen LogP contribution in [0.25, 0.3) is 10.9 Å². The average Bonchev–Trinajstić information content (AvgIpc) is 2.44. The summed E-state index contributed by atoms with van der Waals surface area (Å²) in [5.74, 6) is 0. The third-order valence-electron chi connectivity index (χ3n) is 2.80. The molecule has 0 atom stereocenters. The van der Waals surface area contributed by atoms with E-state index in [0.717, 1.165) is 16.5 Å². The molecule has 0 aliphatic rings. The number of rotatable bonds is 6. The molecule has 2 aromatic rings. The first-order valence-electron chi connectivity index (χ1n) is 6.35. The molecule has 1 N–H and O–H groups in total. The van der Waals surface area contributed by atoms with Gasteiger partial charge in [-0.15, -0.1) is 0 Å². The van der Waals surface area contributed by atoms with Gasteiger partial charge < -0.3 is 10.1 Å². The van der Waals surface area contributed by atoms with Gasteiger partial charge in [-0.3, -0.25) is 4.98 Å². The zero-order valence-corrected chi connectivity index (χ0v) is 11.8. The summed E-state index contributed by atoms with van der Waals surface area (Å²) in [6.45, 7) is -0.411. The second kappa shape index (κ2) is 7.06. The van der Waals surface area contributed by atoms with E-state index < -0.39 is 12.8 Å². The molecule has 0 aliphatic heterocycles. The summed E-state index contributed by atoms with van der Waals surface area (Å²) in [6, 6.07) is 7.31. The minimum absolute atomic E-state index is 0.00153. The van der Waals surface area contributed by atoms with Crippen LogP contribution in [0.4, 0.5) is 13.2 Å². The predicted molar refractivity (Wildman–Crippen MR) is 75.3 cm³/mol. The first-order valence-corrected chi connectivity index (χ1v) is 6.72. The number of ether oxygens (including phenoxy) is 1.